The smallest absolute Gasteiger partial charge is 0.127 e. The van der Waals surface area contributed by atoms with Crippen molar-refractivity contribution >= 4 is 12.4 Å². The molecule has 0 saturated carbocycles. The molecule has 6 heteroatoms. The quantitative estimate of drug-likeness (QED) is 0.686. The molecule has 1 aliphatic heterocycles. The second-order valence-corrected chi connectivity index (χ2v) is 7.11. The highest BCUT2D eigenvalue weighted by Crippen LogP contribution is 2.20. The summed E-state index contributed by atoms with van der Waals surface area (Å²) in [6.07, 6.45) is 9.43. The molecule has 0 bridgehead atoms. The van der Waals surface area contributed by atoms with Crippen LogP contribution in [0.15, 0.2) is 67.1 Å². The normalized spacial score (nSPS) is 17.1. The third-order valence-electron chi connectivity index (χ3n) is 5.25. The number of benzene rings is 1. The third-order valence-corrected chi connectivity index (χ3v) is 5.25. The number of para-hydroxylation sites is 1. The summed E-state index contributed by atoms with van der Waals surface area (Å²) in [6, 6.07) is 17.2. The van der Waals surface area contributed by atoms with Gasteiger partial charge < -0.3 is 9.88 Å². The lowest BCUT2D eigenvalue weighted by Crippen LogP contribution is -2.36. The lowest BCUT2D eigenvalue weighted by atomic mass is 10.1. The first kappa shape index (κ1) is 20.5. The van der Waals surface area contributed by atoms with Crippen molar-refractivity contribution in [1.82, 2.24) is 24.8 Å². The number of imidazole rings is 1. The number of halogens is 1. The molecule has 1 fully saturated rings. The molecule has 148 valence electrons. The van der Waals surface area contributed by atoms with Gasteiger partial charge in [-0.25, -0.2) is 4.98 Å². The van der Waals surface area contributed by atoms with Gasteiger partial charge in [-0.3, -0.25) is 9.88 Å². The van der Waals surface area contributed by atoms with Crippen LogP contribution in [0.25, 0.3) is 5.69 Å². The molecule has 1 unspecified atom stereocenters. The zero-order chi connectivity index (χ0) is 18.3. The van der Waals surface area contributed by atoms with Crippen LogP contribution in [-0.4, -0.2) is 38.6 Å². The first-order chi connectivity index (χ1) is 13.4. The van der Waals surface area contributed by atoms with E-state index in [0.29, 0.717) is 6.04 Å². The first-order valence-electron chi connectivity index (χ1n) is 9.82. The zero-order valence-corrected chi connectivity index (χ0v) is 16.9. The van der Waals surface area contributed by atoms with Crippen molar-refractivity contribution in [3.05, 3.63) is 78.6 Å². The van der Waals surface area contributed by atoms with E-state index < -0.39 is 0 Å². The Morgan fingerprint density at radius 2 is 1.79 bits per heavy atom. The standard InChI is InChI=1S/C22H27N5.ClH/c1-2-8-21(9-3-1)27-16-15-25-22(27)18-26(17-19-7-4-5-13-24-19)20-10-6-12-23-14-11-20;/h1-5,7-9,13,15-16,20,23H,6,10-12,14,17-18H2;1H. The Morgan fingerprint density at radius 3 is 2.61 bits per heavy atom. The summed E-state index contributed by atoms with van der Waals surface area (Å²) in [5.74, 6) is 1.08. The van der Waals surface area contributed by atoms with E-state index in [1.54, 1.807) is 0 Å². The summed E-state index contributed by atoms with van der Waals surface area (Å²) in [5, 5.41) is 3.53. The predicted octanol–water partition coefficient (Wildman–Crippen LogP) is 3.83. The van der Waals surface area contributed by atoms with E-state index >= 15 is 0 Å². The van der Waals surface area contributed by atoms with Crippen LogP contribution >= 0.6 is 12.4 Å². The van der Waals surface area contributed by atoms with E-state index in [4.69, 9.17) is 0 Å². The molecule has 1 atom stereocenters. The molecule has 1 N–H and O–H groups in total. The van der Waals surface area contributed by atoms with Crippen molar-refractivity contribution in [2.24, 2.45) is 0 Å². The van der Waals surface area contributed by atoms with E-state index in [-0.39, 0.29) is 12.4 Å². The number of pyridine rings is 1. The van der Waals surface area contributed by atoms with Gasteiger partial charge in [-0.05, 0) is 56.6 Å². The first-order valence-corrected chi connectivity index (χ1v) is 9.82. The number of nitrogens with one attached hydrogen (secondary N) is 1. The fourth-order valence-electron chi connectivity index (χ4n) is 3.84. The fourth-order valence-corrected chi connectivity index (χ4v) is 3.84. The Hall–Kier alpha value is -2.21. The van der Waals surface area contributed by atoms with Crippen molar-refractivity contribution in [1.29, 1.82) is 0 Å². The largest absolute Gasteiger partial charge is 0.317 e. The Balaban J connectivity index is 0.00000225. The van der Waals surface area contributed by atoms with Crippen molar-refractivity contribution in [2.75, 3.05) is 13.1 Å². The highest BCUT2D eigenvalue weighted by atomic mass is 35.5. The average molecular weight is 398 g/mol. The third kappa shape index (κ3) is 5.19. The van der Waals surface area contributed by atoms with E-state index in [0.717, 1.165) is 43.4 Å². The minimum absolute atomic E-state index is 0. The van der Waals surface area contributed by atoms with Gasteiger partial charge in [-0.15, -0.1) is 12.4 Å². The van der Waals surface area contributed by atoms with Crippen molar-refractivity contribution in [3.63, 3.8) is 0 Å². The van der Waals surface area contributed by atoms with Gasteiger partial charge in [-0.1, -0.05) is 24.3 Å². The molecule has 28 heavy (non-hydrogen) atoms. The van der Waals surface area contributed by atoms with Gasteiger partial charge in [0.15, 0.2) is 0 Å². The fraction of sp³-hybridized carbons (Fsp3) is 0.364. The summed E-state index contributed by atoms with van der Waals surface area (Å²) < 4.78 is 2.19. The lowest BCUT2D eigenvalue weighted by Gasteiger charge is -2.30. The van der Waals surface area contributed by atoms with Crippen LogP contribution in [-0.2, 0) is 13.1 Å². The zero-order valence-electron chi connectivity index (χ0n) is 16.1. The highest BCUT2D eigenvalue weighted by Gasteiger charge is 2.22. The maximum absolute atomic E-state index is 4.68. The van der Waals surface area contributed by atoms with Crippen LogP contribution in [0.2, 0.25) is 0 Å². The van der Waals surface area contributed by atoms with E-state index in [1.807, 2.05) is 24.5 Å². The minimum atomic E-state index is 0. The summed E-state index contributed by atoms with van der Waals surface area (Å²) in [4.78, 5) is 11.8. The second kappa shape index (κ2) is 10.4. The predicted molar refractivity (Wildman–Crippen MR) is 115 cm³/mol. The van der Waals surface area contributed by atoms with Gasteiger partial charge in [-0.2, -0.15) is 0 Å². The summed E-state index contributed by atoms with van der Waals surface area (Å²) in [5.41, 5.74) is 2.28. The Bertz CT molecular complexity index is 813. The van der Waals surface area contributed by atoms with Crippen LogP contribution in [0, 0.1) is 0 Å². The number of hydrogen-bond acceptors (Lipinski definition) is 4. The Kier molecular flexibility index (Phi) is 7.60. The molecule has 1 aromatic carbocycles. The van der Waals surface area contributed by atoms with Crippen LogP contribution < -0.4 is 5.32 Å². The molecule has 0 spiro atoms. The topological polar surface area (TPSA) is 46.0 Å². The van der Waals surface area contributed by atoms with Crippen LogP contribution in [0.4, 0.5) is 0 Å². The van der Waals surface area contributed by atoms with Gasteiger partial charge in [0.1, 0.15) is 5.82 Å². The average Bonchev–Trinajstić information content (AvgIpc) is 3.01. The molecule has 1 aliphatic rings. The van der Waals surface area contributed by atoms with E-state index in [1.165, 1.54) is 19.3 Å². The summed E-state index contributed by atoms with van der Waals surface area (Å²) >= 11 is 0. The van der Waals surface area contributed by atoms with Gasteiger partial charge in [0.25, 0.3) is 0 Å². The van der Waals surface area contributed by atoms with Crippen molar-refractivity contribution in [2.45, 2.75) is 38.4 Å². The van der Waals surface area contributed by atoms with Gasteiger partial charge in [0, 0.05) is 36.9 Å². The molecule has 0 aliphatic carbocycles. The van der Waals surface area contributed by atoms with Gasteiger partial charge in [0.2, 0.25) is 0 Å². The number of hydrogen-bond donors (Lipinski definition) is 1. The molecule has 2 aromatic heterocycles. The van der Waals surface area contributed by atoms with Crippen molar-refractivity contribution < 1.29 is 0 Å². The minimum Gasteiger partial charge on any atom is -0.317 e. The molecular formula is C22H28ClN5. The van der Waals surface area contributed by atoms with Gasteiger partial charge in [0.05, 0.1) is 12.2 Å². The number of nitrogens with zero attached hydrogens (tertiary/aromatic N) is 4. The maximum Gasteiger partial charge on any atom is 0.127 e. The Labute approximate surface area is 173 Å². The highest BCUT2D eigenvalue weighted by molar-refractivity contribution is 5.85. The van der Waals surface area contributed by atoms with E-state index in [2.05, 4.69) is 67.3 Å². The molecule has 0 radical (unpaired) electrons. The molecule has 4 rings (SSSR count). The van der Waals surface area contributed by atoms with Crippen LogP contribution in [0.1, 0.15) is 30.8 Å². The monoisotopic (exact) mass is 397 g/mol. The summed E-state index contributed by atoms with van der Waals surface area (Å²) in [7, 11) is 0. The van der Waals surface area contributed by atoms with Crippen LogP contribution in [0.5, 0.6) is 0 Å². The molecule has 3 aromatic rings. The van der Waals surface area contributed by atoms with E-state index in [9.17, 15) is 0 Å². The van der Waals surface area contributed by atoms with Crippen molar-refractivity contribution in [3.8, 4) is 5.69 Å². The molecule has 3 heterocycles. The molecule has 1 saturated heterocycles. The molecular weight excluding hydrogens is 370 g/mol. The SMILES string of the molecule is Cl.c1ccc(-n2ccnc2CN(Cc2ccccn2)C2CCCNCC2)cc1. The van der Waals surface area contributed by atoms with Crippen LogP contribution in [0.3, 0.4) is 0 Å². The van der Waals surface area contributed by atoms with Gasteiger partial charge >= 0.3 is 0 Å². The lowest BCUT2D eigenvalue weighted by molar-refractivity contribution is 0.157. The number of aromatic nitrogens is 3. The maximum atomic E-state index is 4.68. The summed E-state index contributed by atoms with van der Waals surface area (Å²) in [6.45, 7) is 3.87. The molecule has 5 nitrogen and oxygen atoms in total. The molecule has 0 amide bonds. The Morgan fingerprint density at radius 1 is 0.929 bits per heavy atom. The second-order valence-electron chi connectivity index (χ2n) is 7.11. The number of rotatable bonds is 6.